The summed E-state index contributed by atoms with van der Waals surface area (Å²) in [6.07, 6.45) is 4.84. The van der Waals surface area contributed by atoms with Gasteiger partial charge < -0.3 is 9.88 Å². The number of imidazole rings is 1. The summed E-state index contributed by atoms with van der Waals surface area (Å²) < 4.78 is 2.57. The number of fused-ring (bicyclic) bond motifs is 1. The molecule has 4 nitrogen and oxygen atoms in total. The molecule has 0 radical (unpaired) electrons. The van der Waals surface area contributed by atoms with Gasteiger partial charge in [0.2, 0.25) is 0 Å². The van der Waals surface area contributed by atoms with E-state index in [1.807, 2.05) is 0 Å². The molecule has 2 saturated heterocycles. The summed E-state index contributed by atoms with van der Waals surface area (Å²) in [5, 5.41) is 3.67. The van der Waals surface area contributed by atoms with Gasteiger partial charge in [0.15, 0.2) is 0 Å². The van der Waals surface area contributed by atoms with Crippen molar-refractivity contribution in [2.75, 3.05) is 19.6 Å². The minimum atomic E-state index is 0.411. The zero-order chi connectivity index (χ0) is 18.9. The molecule has 2 aromatic carbocycles. The van der Waals surface area contributed by atoms with E-state index in [9.17, 15) is 0 Å². The first-order valence-corrected chi connectivity index (χ1v) is 10.8. The molecule has 0 amide bonds. The summed E-state index contributed by atoms with van der Waals surface area (Å²) >= 11 is 0. The van der Waals surface area contributed by atoms with Gasteiger partial charge in [-0.2, -0.15) is 0 Å². The van der Waals surface area contributed by atoms with Gasteiger partial charge in [-0.05, 0) is 56.8 Å². The Balaban J connectivity index is 1.39. The molecule has 28 heavy (non-hydrogen) atoms. The number of nitrogens with one attached hydrogen (secondary N) is 1. The minimum Gasteiger partial charge on any atom is -0.323 e. The van der Waals surface area contributed by atoms with Gasteiger partial charge in [-0.3, -0.25) is 4.90 Å². The van der Waals surface area contributed by atoms with Crippen LogP contribution in [0.1, 0.15) is 62.1 Å². The van der Waals surface area contributed by atoms with Crippen LogP contribution in [-0.2, 0) is 0 Å². The van der Waals surface area contributed by atoms with E-state index in [2.05, 4.69) is 76.3 Å². The van der Waals surface area contributed by atoms with Gasteiger partial charge in [-0.1, -0.05) is 42.5 Å². The normalized spacial score (nSPS) is 22.7. The van der Waals surface area contributed by atoms with E-state index >= 15 is 0 Å². The maximum atomic E-state index is 5.06. The van der Waals surface area contributed by atoms with E-state index in [1.54, 1.807) is 0 Å². The second kappa shape index (κ2) is 7.69. The molecular formula is C24H30N4. The lowest BCUT2D eigenvalue weighted by atomic mass is 9.99. The molecule has 0 saturated carbocycles. The van der Waals surface area contributed by atoms with Gasteiger partial charge in [0.05, 0.1) is 17.1 Å². The Kier molecular flexibility index (Phi) is 4.91. The van der Waals surface area contributed by atoms with Crippen molar-refractivity contribution in [3.63, 3.8) is 0 Å². The number of para-hydroxylation sites is 2. The standard InChI is InChI=1S/C24H30N4/c1-18(19-8-3-2-4-9-19)27-16-13-20(14-17-27)28-23-12-6-5-10-21(23)26-24(28)22-11-7-15-25-22/h2-6,8-10,12,18,20,22,25H,7,11,13-17H2,1H3. The average molecular weight is 375 g/mol. The highest BCUT2D eigenvalue weighted by Gasteiger charge is 2.30. The zero-order valence-corrected chi connectivity index (χ0v) is 16.7. The molecule has 2 atom stereocenters. The number of aromatic nitrogens is 2. The topological polar surface area (TPSA) is 33.1 Å². The Morgan fingerprint density at radius 3 is 2.46 bits per heavy atom. The highest BCUT2D eigenvalue weighted by molar-refractivity contribution is 5.76. The van der Waals surface area contributed by atoms with Crippen molar-refractivity contribution < 1.29 is 0 Å². The molecule has 2 aliphatic rings. The summed E-state index contributed by atoms with van der Waals surface area (Å²) in [4.78, 5) is 7.70. The molecule has 146 valence electrons. The minimum absolute atomic E-state index is 0.411. The van der Waals surface area contributed by atoms with Gasteiger partial charge in [0, 0.05) is 25.2 Å². The second-order valence-corrected chi connectivity index (χ2v) is 8.33. The summed E-state index contributed by atoms with van der Waals surface area (Å²) in [5.74, 6) is 1.26. The lowest BCUT2D eigenvalue weighted by molar-refractivity contribution is 0.143. The highest BCUT2D eigenvalue weighted by atomic mass is 15.2. The number of piperidine rings is 1. The maximum absolute atomic E-state index is 5.06. The monoisotopic (exact) mass is 374 g/mol. The van der Waals surface area contributed by atoms with Crippen LogP contribution < -0.4 is 5.32 Å². The molecule has 1 aromatic heterocycles. The van der Waals surface area contributed by atoms with Crippen LogP contribution in [-0.4, -0.2) is 34.1 Å². The van der Waals surface area contributed by atoms with Crippen LogP contribution in [0, 0.1) is 0 Å². The number of hydrogen-bond donors (Lipinski definition) is 1. The van der Waals surface area contributed by atoms with E-state index in [0.717, 1.165) is 25.2 Å². The van der Waals surface area contributed by atoms with Crippen LogP contribution in [0.3, 0.4) is 0 Å². The number of nitrogens with zero attached hydrogens (tertiary/aromatic N) is 3. The fourth-order valence-corrected chi connectivity index (χ4v) is 5.07. The van der Waals surface area contributed by atoms with Gasteiger partial charge in [0.1, 0.15) is 5.82 Å². The Morgan fingerprint density at radius 1 is 0.964 bits per heavy atom. The van der Waals surface area contributed by atoms with Crippen LogP contribution >= 0.6 is 0 Å². The molecule has 1 N–H and O–H groups in total. The van der Waals surface area contributed by atoms with Crippen LogP contribution in [0.2, 0.25) is 0 Å². The molecule has 2 unspecified atom stereocenters. The van der Waals surface area contributed by atoms with Crippen molar-refractivity contribution in [1.82, 2.24) is 19.8 Å². The predicted molar refractivity (Wildman–Crippen MR) is 114 cm³/mol. The number of rotatable bonds is 4. The van der Waals surface area contributed by atoms with Crippen LogP contribution in [0.5, 0.6) is 0 Å². The molecule has 3 aromatic rings. The first kappa shape index (κ1) is 17.9. The van der Waals surface area contributed by atoms with E-state index in [1.165, 1.54) is 42.6 Å². The van der Waals surface area contributed by atoms with E-state index in [0.29, 0.717) is 18.1 Å². The lowest BCUT2D eigenvalue weighted by Gasteiger charge is -2.37. The van der Waals surface area contributed by atoms with Gasteiger partial charge >= 0.3 is 0 Å². The van der Waals surface area contributed by atoms with Crippen molar-refractivity contribution >= 4 is 11.0 Å². The summed E-state index contributed by atoms with van der Waals surface area (Å²) in [7, 11) is 0. The smallest absolute Gasteiger partial charge is 0.127 e. The van der Waals surface area contributed by atoms with Crippen molar-refractivity contribution in [3.8, 4) is 0 Å². The van der Waals surface area contributed by atoms with E-state index in [-0.39, 0.29) is 0 Å². The fourth-order valence-electron chi connectivity index (χ4n) is 5.07. The molecule has 2 aliphatic heterocycles. The Labute approximate surface area is 167 Å². The van der Waals surface area contributed by atoms with Crippen molar-refractivity contribution in [2.24, 2.45) is 0 Å². The predicted octanol–water partition coefficient (Wildman–Crippen LogP) is 4.86. The first-order valence-electron chi connectivity index (χ1n) is 10.8. The fraction of sp³-hybridized carbons (Fsp3) is 0.458. The van der Waals surface area contributed by atoms with Crippen LogP contribution in [0.25, 0.3) is 11.0 Å². The third-order valence-electron chi connectivity index (χ3n) is 6.69. The van der Waals surface area contributed by atoms with Crippen LogP contribution in [0.15, 0.2) is 54.6 Å². The van der Waals surface area contributed by atoms with Crippen molar-refractivity contribution in [2.45, 2.75) is 50.7 Å². The van der Waals surface area contributed by atoms with Gasteiger partial charge in [-0.25, -0.2) is 4.98 Å². The number of benzene rings is 2. The van der Waals surface area contributed by atoms with Crippen molar-refractivity contribution in [3.05, 3.63) is 66.0 Å². The first-order chi connectivity index (χ1) is 13.8. The Morgan fingerprint density at radius 2 is 1.71 bits per heavy atom. The SMILES string of the molecule is CC(c1ccccc1)N1CCC(n2c(C3CCCN3)nc3ccccc32)CC1. The molecule has 2 fully saturated rings. The third kappa shape index (κ3) is 3.25. The number of hydrogen-bond acceptors (Lipinski definition) is 3. The van der Waals surface area contributed by atoms with E-state index < -0.39 is 0 Å². The highest BCUT2D eigenvalue weighted by Crippen LogP contribution is 2.35. The summed E-state index contributed by atoms with van der Waals surface area (Å²) in [6, 6.07) is 21.0. The number of likely N-dealkylation sites (tertiary alicyclic amines) is 1. The quantitative estimate of drug-likeness (QED) is 0.708. The summed E-state index contributed by atoms with van der Waals surface area (Å²) in [5.41, 5.74) is 3.87. The third-order valence-corrected chi connectivity index (χ3v) is 6.69. The Hall–Kier alpha value is -2.17. The van der Waals surface area contributed by atoms with Crippen molar-refractivity contribution in [1.29, 1.82) is 0 Å². The molecule has 0 aliphatic carbocycles. The lowest BCUT2D eigenvalue weighted by Crippen LogP contribution is -2.37. The molecule has 0 bridgehead atoms. The molecule has 3 heterocycles. The maximum Gasteiger partial charge on any atom is 0.127 e. The Bertz CT molecular complexity index is 918. The second-order valence-electron chi connectivity index (χ2n) is 8.33. The largest absolute Gasteiger partial charge is 0.323 e. The summed E-state index contributed by atoms with van der Waals surface area (Å²) in [6.45, 7) is 5.74. The molecule has 4 heteroatoms. The zero-order valence-electron chi connectivity index (χ0n) is 16.7. The molecular weight excluding hydrogens is 344 g/mol. The molecule has 5 rings (SSSR count). The average Bonchev–Trinajstić information content (AvgIpc) is 3.42. The van der Waals surface area contributed by atoms with Gasteiger partial charge in [0.25, 0.3) is 0 Å². The molecule has 0 spiro atoms. The van der Waals surface area contributed by atoms with Crippen LogP contribution in [0.4, 0.5) is 0 Å². The van der Waals surface area contributed by atoms with E-state index in [4.69, 9.17) is 4.98 Å². The van der Waals surface area contributed by atoms with Gasteiger partial charge in [-0.15, -0.1) is 0 Å².